The smallest absolute Gasteiger partial charge is 0.305 e. The zero-order chi connectivity index (χ0) is 29.9. The molecule has 0 aromatic rings. The Hall–Kier alpha value is -3.96. The Morgan fingerprint density at radius 2 is 1.83 bits per heavy atom. The monoisotopic (exact) mass is 624 g/mol. The Kier molecular flexibility index (Phi) is 7.18. The first kappa shape index (κ1) is 28.2. The number of aliphatic imine (C=N–C) groups is 3. The van der Waals surface area contributed by atoms with Crippen molar-refractivity contribution in [3.05, 3.63) is 91.5 Å². The average Bonchev–Trinajstić information content (AvgIpc) is 3.71. The van der Waals surface area contributed by atoms with Gasteiger partial charge in [0.1, 0.15) is 5.76 Å². The third-order valence-corrected chi connectivity index (χ3v) is 9.31. The second-order valence-corrected chi connectivity index (χ2v) is 11.7. The summed E-state index contributed by atoms with van der Waals surface area (Å²) in [6.07, 6.45) is 8.29. The van der Waals surface area contributed by atoms with E-state index in [4.69, 9.17) is 19.7 Å². The maximum absolute atomic E-state index is 12.2. The number of hydrogen-bond acceptors (Lipinski definition) is 7. The van der Waals surface area contributed by atoms with Gasteiger partial charge in [-0.25, -0.2) is 15.0 Å². The molecular formula is C34H33BrN4O3. The van der Waals surface area contributed by atoms with Crippen LogP contribution in [0.5, 0.6) is 0 Å². The van der Waals surface area contributed by atoms with E-state index in [0.717, 1.165) is 91.1 Å². The molecule has 1 fully saturated rings. The Balaban J connectivity index is 1.60. The van der Waals surface area contributed by atoms with Crippen LogP contribution in [0.4, 0.5) is 0 Å². The number of methoxy groups -OCH3 is 1. The van der Waals surface area contributed by atoms with Gasteiger partial charge < -0.3 is 15.2 Å². The minimum absolute atomic E-state index is 0.0144. The number of aliphatic hydroxyl groups excluding tert-OH is 1. The lowest BCUT2D eigenvalue weighted by Gasteiger charge is -2.17. The second-order valence-electron chi connectivity index (χ2n) is 11.3. The fourth-order valence-electron chi connectivity index (χ4n) is 6.69. The number of halogens is 1. The number of hydrogen-bond donors (Lipinski definition) is 2. The van der Waals surface area contributed by atoms with Crippen molar-refractivity contribution in [2.45, 2.75) is 60.3 Å². The molecule has 5 aliphatic heterocycles. The summed E-state index contributed by atoms with van der Waals surface area (Å²) in [6, 6.07) is 0. The molecule has 42 heavy (non-hydrogen) atoms. The van der Waals surface area contributed by atoms with Crippen LogP contribution in [0.1, 0.15) is 60.3 Å². The van der Waals surface area contributed by atoms with Crippen molar-refractivity contribution < 1.29 is 14.6 Å². The molecule has 8 heteroatoms. The predicted molar refractivity (Wildman–Crippen MR) is 170 cm³/mol. The van der Waals surface area contributed by atoms with Crippen molar-refractivity contribution in [1.29, 1.82) is 0 Å². The summed E-state index contributed by atoms with van der Waals surface area (Å²) in [4.78, 5) is 30.3. The SMILES string of the molecule is CCC1=C(C)C2=NC1=CC1=C(C)C3=C(O)CC(=C4NC(=CC5=NC(=C2)C(C#CBr)=C5C)[C@@H](C)[C@@H]4CCC(=O)OC)C3=N1. The summed E-state index contributed by atoms with van der Waals surface area (Å²) in [5.74, 6) is 3.37. The highest BCUT2D eigenvalue weighted by Crippen LogP contribution is 2.46. The van der Waals surface area contributed by atoms with Gasteiger partial charge in [0.15, 0.2) is 0 Å². The molecule has 0 aromatic carbocycles. The van der Waals surface area contributed by atoms with E-state index in [2.05, 4.69) is 58.8 Å². The molecule has 5 heterocycles. The van der Waals surface area contributed by atoms with Gasteiger partial charge in [-0.1, -0.05) is 19.8 Å². The number of ether oxygens (including phenoxy) is 1. The molecular weight excluding hydrogens is 592 g/mol. The quantitative estimate of drug-likeness (QED) is 0.261. The van der Waals surface area contributed by atoms with Crippen molar-refractivity contribution >= 4 is 39.0 Å². The van der Waals surface area contributed by atoms with Crippen LogP contribution in [-0.2, 0) is 9.53 Å². The summed E-state index contributed by atoms with van der Waals surface area (Å²) in [6.45, 7) is 10.5. The highest BCUT2D eigenvalue weighted by Gasteiger charge is 2.41. The van der Waals surface area contributed by atoms with Crippen LogP contribution < -0.4 is 5.32 Å². The fourth-order valence-corrected chi connectivity index (χ4v) is 6.88. The fraction of sp³-hybridized carbons (Fsp3) is 0.353. The molecule has 2 atom stereocenters. The van der Waals surface area contributed by atoms with Gasteiger partial charge in [-0.2, -0.15) is 0 Å². The zero-order valence-electron chi connectivity index (χ0n) is 24.7. The first-order chi connectivity index (χ1) is 20.2. The van der Waals surface area contributed by atoms with Gasteiger partial charge >= 0.3 is 5.97 Å². The predicted octanol–water partition coefficient (Wildman–Crippen LogP) is 6.97. The molecule has 0 spiro atoms. The summed E-state index contributed by atoms with van der Waals surface area (Å²) in [5, 5.41) is 14.9. The van der Waals surface area contributed by atoms with Gasteiger partial charge in [-0.05, 0) is 79.0 Å². The maximum atomic E-state index is 12.2. The normalized spacial score (nSPS) is 24.4. The van der Waals surface area contributed by atoms with Crippen molar-refractivity contribution in [2.75, 3.05) is 7.11 Å². The molecule has 0 aromatic heterocycles. The topological polar surface area (TPSA) is 95.6 Å². The Morgan fingerprint density at radius 1 is 1.10 bits per heavy atom. The number of nitrogens with zero attached hydrogens (tertiary/aromatic N) is 3. The summed E-state index contributed by atoms with van der Waals surface area (Å²) in [7, 11) is 1.42. The van der Waals surface area contributed by atoms with E-state index >= 15 is 0 Å². The largest absolute Gasteiger partial charge is 0.511 e. The Bertz CT molecular complexity index is 1770. The van der Waals surface area contributed by atoms with E-state index in [9.17, 15) is 9.90 Å². The van der Waals surface area contributed by atoms with Gasteiger partial charge in [0.2, 0.25) is 0 Å². The van der Waals surface area contributed by atoms with Crippen LogP contribution in [0.15, 0.2) is 106 Å². The number of carbonyl (C=O) groups excluding carboxylic acids is 1. The molecule has 0 saturated carbocycles. The van der Waals surface area contributed by atoms with Crippen molar-refractivity contribution in [3.8, 4) is 10.8 Å². The Morgan fingerprint density at radius 3 is 2.55 bits per heavy atom. The third kappa shape index (κ3) is 4.42. The van der Waals surface area contributed by atoms with E-state index in [-0.39, 0.29) is 17.8 Å². The van der Waals surface area contributed by atoms with Crippen LogP contribution in [0.25, 0.3) is 0 Å². The first-order valence-corrected chi connectivity index (χ1v) is 15.1. The molecule has 214 valence electrons. The van der Waals surface area contributed by atoms with Crippen LogP contribution >= 0.6 is 15.9 Å². The number of allylic oxidation sites excluding steroid dienone is 12. The van der Waals surface area contributed by atoms with Crippen molar-refractivity contribution in [1.82, 2.24) is 5.32 Å². The molecule has 0 radical (unpaired) electrons. The summed E-state index contributed by atoms with van der Waals surface area (Å²) in [5.41, 5.74) is 13.8. The molecule has 8 bridgehead atoms. The van der Waals surface area contributed by atoms with Gasteiger partial charge in [-0.3, -0.25) is 4.79 Å². The van der Waals surface area contributed by atoms with E-state index in [0.29, 0.717) is 25.0 Å². The highest BCUT2D eigenvalue weighted by atomic mass is 79.9. The van der Waals surface area contributed by atoms with Crippen LogP contribution in [0, 0.1) is 22.6 Å². The number of fused-ring (bicyclic) bond motifs is 5. The molecule has 0 unspecified atom stereocenters. The molecule has 2 N–H and O–H groups in total. The van der Waals surface area contributed by atoms with E-state index in [1.807, 2.05) is 26.0 Å². The van der Waals surface area contributed by atoms with Crippen LogP contribution in [0.3, 0.4) is 0 Å². The van der Waals surface area contributed by atoms with Crippen molar-refractivity contribution in [3.63, 3.8) is 0 Å². The second kappa shape index (κ2) is 10.7. The standard InChI is InChI=1S/C34H33BrN4O3/c1-7-20-16(2)25-14-29-21(10-11-35)17(3)24(37-29)13-26-18(4)22(8-9-31(41)42-6)33(38-26)23-12-30(40)32-19(5)27(39-34(23)32)15-28(20)36-25/h13-15,18,22,38,40H,7-9,12H2,1-6H3/t18-,22-/m0/s1. The lowest BCUT2D eigenvalue weighted by atomic mass is 9.86. The molecule has 1 saturated heterocycles. The minimum Gasteiger partial charge on any atom is -0.511 e. The third-order valence-electron chi connectivity index (χ3n) is 9.11. The number of carbonyl (C=O) groups is 1. The van der Waals surface area contributed by atoms with E-state index in [1.54, 1.807) is 0 Å². The highest BCUT2D eigenvalue weighted by molar-refractivity contribution is 9.12. The van der Waals surface area contributed by atoms with Crippen molar-refractivity contribution in [2.24, 2.45) is 26.8 Å². The van der Waals surface area contributed by atoms with Gasteiger partial charge in [0, 0.05) is 63.1 Å². The lowest BCUT2D eigenvalue weighted by Crippen LogP contribution is -2.16. The molecule has 0 amide bonds. The zero-order valence-corrected chi connectivity index (χ0v) is 26.3. The molecule has 6 aliphatic rings. The number of rotatable bonds is 4. The van der Waals surface area contributed by atoms with E-state index in [1.165, 1.54) is 7.11 Å². The Labute approximate surface area is 254 Å². The van der Waals surface area contributed by atoms with Gasteiger partial charge in [0.25, 0.3) is 0 Å². The van der Waals surface area contributed by atoms with E-state index < -0.39 is 0 Å². The van der Waals surface area contributed by atoms with Crippen LogP contribution in [-0.4, -0.2) is 35.3 Å². The summed E-state index contributed by atoms with van der Waals surface area (Å²) < 4.78 is 4.97. The first-order valence-electron chi connectivity index (χ1n) is 14.3. The van der Waals surface area contributed by atoms with Gasteiger partial charge in [-0.15, -0.1) is 0 Å². The number of esters is 1. The molecule has 6 rings (SSSR count). The van der Waals surface area contributed by atoms with Crippen LogP contribution in [0.2, 0.25) is 0 Å². The summed E-state index contributed by atoms with van der Waals surface area (Å²) >= 11 is 3.29. The average molecular weight is 626 g/mol. The maximum Gasteiger partial charge on any atom is 0.305 e. The number of nitrogens with one attached hydrogen (secondary N) is 1. The molecule has 7 nitrogen and oxygen atoms in total. The van der Waals surface area contributed by atoms with Gasteiger partial charge in [0.05, 0.1) is 46.9 Å². The molecule has 1 aliphatic carbocycles. The number of aliphatic hydroxyl groups is 1. The minimum atomic E-state index is -0.238. The lowest BCUT2D eigenvalue weighted by molar-refractivity contribution is -0.140.